The number of hydrogen-bond acceptors (Lipinski definition) is 2. The van der Waals surface area contributed by atoms with Crippen molar-refractivity contribution in [1.82, 2.24) is 10.2 Å². The Kier molecular flexibility index (Phi) is 6.60. The lowest BCUT2D eigenvalue weighted by Crippen LogP contribution is -2.30. The average Bonchev–Trinajstić information content (AvgIpc) is 2.77. The third-order valence-electron chi connectivity index (χ3n) is 3.23. The predicted octanol–water partition coefficient (Wildman–Crippen LogP) is 3.21. The standard InChI is InChI=1S/C13H16BrClN2O.ClH/c1-16-7-9-4-5-17(8-9)13(18)11-3-2-10(14)6-12(11)15;/h2-3,6,9,16H,4-5,7-8H2,1H3;1H. The molecule has 3 nitrogen and oxygen atoms in total. The van der Waals surface area contributed by atoms with Gasteiger partial charge in [-0.1, -0.05) is 27.5 Å². The zero-order valence-corrected chi connectivity index (χ0v) is 13.8. The van der Waals surface area contributed by atoms with E-state index in [1.807, 2.05) is 18.0 Å². The van der Waals surface area contributed by atoms with Gasteiger partial charge in [0.05, 0.1) is 10.6 Å². The summed E-state index contributed by atoms with van der Waals surface area (Å²) in [6.07, 6.45) is 1.06. The highest BCUT2D eigenvalue weighted by Crippen LogP contribution is 2.25. The average molecular weight is 368 g/mol. The van der Waals surface area contributed by atoms with Gasteiger partial charge in [0.1, 0.15) is 0 Å². The monoisotopic (exact) mass is 366 g/mol. The number of rotatable bonds is 3. The van der Waals surface area contributed by atoms with Crippen molar-refractivity contribution in [3.05, 3.63) is 33.3 Å². The maximum absolute atomic E-state index is 12.3. The van der Waals surface area contributed by atoms with Crippen LogP contribution in [0.1, 0.15) is 16.8 Å². The quantitative estimate of drug-likeness (QED) is 0.889. The highest BCUT2D eigenvalue weighted by molar-refractivity contribution is 9.10. The third-order valence-corrected chi connectivity index (χ3v) is 4.03. The van der Waals surface area contributed by atoms with Gasteiger partial charge >= 0.3 is 0 Å². The summed E-state index contributed by atoms with van der Waals surface area (Å²) in [5, 5.41) is 3.66. The Bertz CT molecular complexity index is 456. The summed E-state index contributed by atoms with van der Waals surface area (Å²) in [4.78, 5) is 14.2. The van der Waals surface area contributed by atoms with Crippen LogP contribution in [0, 0.1) is 5.92 Å². The first kappa shape index (κ1) is 16.8. The van der Waals surface area contributed by atoms with Crippen molar-refractivity contribution in [3.8, 4) is 0 Å². The maximum Gasteiger partial charge on any atom is 0.255 e. The van der Waals surface area contributed by atoms with Crippen molar-refractivity contribution in [2.75, 3.05) is 26.7 Å². The summed E-state index contributed by atoms with van der Waals surface area (Å²) in [5.41, 5.74) is 0.588. The molecule has 0 saturated carbocycles. The largest absolute Gasteiger partial charge is 0.338 e. The molecule has 1 unspecified atom stereocenters. The molecule has 1 heterocycles. The van der Waals surface area contributed by atoms with Gasteiger partial charge in [-0.15, -0.1) is 12.4 Å². The second kappa shape index (κ2) is 7.48. The molecule has 1 saturated heterocycles. The normalized spacial score (nSPS) is 18.3. The van der Waals surface area contributed by atoms with Crippen LogP contribution in [0.25, 0.3) is 0 Å². The maximum atomic E-state index is 12.3. The van der Waals surface area contributed by atoms with E-state index >= 15 is 0 Å². The molecule has 1 atom stereocenters. The van der Waals surface area contributed by atoms with Gasteiger partial charge in [0.2, 0.25) is 0 Å². The number of nitrogens with zero attached hydrogens (tertiary/aromatic N) is 1. The van der Waals surface area contributed by atoms with Crippen molar-refractivity contribution < 1.29 is 4.79 Å². The summed E-state index contributed by atoms with van der Waals surface area (Å²) in [6, 6.07) is 5.39. The summed E-state index contributed by atoms with van der Waals surface area (Å²) in [5.74, 6) is 0.583. The van der Waals surface area contributed by atoms with Crippen molar-refractivity contribution in [3.63, 3.8) is 0 Å². The number of carbonyl (C=O) groups is 1. The van der Waals surface area contributed by atoms with Gasteiger partial charge < -0.3 is 10.2 Å². The number of likely N-dealkylation sites (tertiary alicyclic amines) is 1. The van der Waals surface area contributed by atoms with E-state index in [0.717, 1.165) is 30.5 Å². The van der Waals surface area contributed by atoms with E-state index in [0.29, 0.717) is 16.5 Å². The molecule has 1 aromatic carbocycles. The van der Waals surface area contributed by atoms with Crippen molar-refractivity contribution in [2.45, 2.75) is 6.42 Å². The number of nitrogens with one attached hydrogen (secondary N) is 1. The summed E-state index contributed by atoms with van der Waals surface area (Å²) < 4.78 is 0.888. The molecule has 1 aromatic rings. The van der Waals surface area contributed by atoms with Crippen LogP contribution in [0.5, 0.6) is 0 Å². The molecule has 0 aromatic heterocycles. The minimum Gasteiger partial charge on any atom is -0.338 e. The number of carbonyl (C=O) groups excluding carboxylic acids is 1. The van der Waals surface area contributed by atoms with Crippen molar-refractivity contribution in [2.24, 2.45) is 5.92 Å². The number of hydrogen-bond donors (Lipinski definition) is 1. The summed E-state index contributed by atoms with van der Waals surface area (Å²) >= 11 is 9.45. The number of benzene rings is 1. The topological polar surface area (TPSA) is 32.3 Å². The molecule has 0 aliphatic carbocycles. The van der Waals surface area contributed by atoms with Crippen LogP contribution in [0.3, 0.4) is 0 Å². The van der Waals surface area contributed by atoms with E-state index < -0.39 is 0 Å². The van der Waals surface area contributed by atoms with Crippen LogP contribution in [-0.4, -0.2) is 37.5 Å². The zero-order chi connectivity index (χ0) is 13.1. The Hall–Kier alpha value is -0.290. The molecule has 2 rings (SSSR count). The minimum absolute atomic E-state index is 0. The van der Waals surface area contributed by atoms with E-state index in [-0.39, 0.29) is 18.3 Å². The van der Waals surface area contributed by atoms with Crippen molar-refractivity contribution in [1.29, 1.82) is 0 Å². The fourth-order valence-electron chi connectivity index (χ4n) is 2.31. The van der Waals surface area contributed by atoms with Gasteiger partial charge in [-0.05, 0) is 44.1 Å². The van der Waals surface area contributed by atoms with Crippen LogP contribution < -0.4 is 5.32 Å². The second-order valence-electron chi connectivity index (χ2n) is 4.59. The highest BCUT2D eigenvalue weighted by Gasteiger charge is 2.27. The lowest BCUT2D eigenvalue weighted by Gasteiger charge is -2.17. The Morgan fingerprint density at radius 1 is 1.58 bits per heavy atom. The molecular formula is C13H17BrCl2N2O. The third kappa shape index (κ3) is 4.09. The molecule has 1 aliphatic rings. The molecule has 19 heavy (non-hydrogen) atoms. The Labute approximate surface area is 133 Å². The Morgan fingerprint density at radius 2 is 2.32 bits per heavy atom. The highest BCUT2D eigenvalue weighted by atomic mass is 79.9. The zero-order valence-electron chi connectivity index (χ0n) is 10.7. The number of amides is 1. The molecule has 1 amide bonds. The van der Waals surface area contributed by atoms with Gasteiger partial charge in [-0.3, -0.25) is 4.79 Å². The molecule has 0 spiro atoms. The molecule has 1 fully saturated rings. The fraction of sp³-hybridized carbons (Fsp3) is 0.462. The lowest BCUT2D eigenvalue weighted by atomic mass is 10.1. The van der Waals surface area contributed by atoms with Crippen LogP contribution >= 0.6 is 39.9 Å². The first-order valence-corrected chi connectivity index (χ1v) is 7.18. The van der Waals surface area contributed by atoms with Gasteiger partial charge in [0.15, 0.2) is 0 Å². The lowest BCUT2D eigenvalue weighted by molar-refractivity contribution is 0.0787. The van der Waals surface area contributed by atoms with Gasteiger partial charge in [-0.2, -0.15) is 0 Å². The second-order valence-corrected chi connectivity index (χ2v) is 5.91. The van der Waals surface area contributed by atoms with Gasteiger partial charge in [0, 0.05) is 17.6 Å². The van der Waals surface area contributed by atoms with Crippen LogP contribution in [0.15, 0.2) is 22.7 Å². The minimum atomic E-state index is 0. The Balaban J connectivity index is 0.00000180. The van der Waals surface area contributed by atoms with Crippen LogP contribution in [0.2, 0.25) is 5.02 Å². The van der Waals surface area contributed by atoms with Crippen LogP contribution in [0.4, 0.5) is 0 Å². The van der Waals surface area contributed by atoms with Crippen LogP contribution in [-0.2, 0) is 0 Å². The Morgan fingerprint density at radius 3 is 2.95 bits per heavy atom. The SMILES string of the molecule is CNCC1CCN(C(=O)c2ccc(Br)cc2Cl)C1.Cl. The molecule has 1 N–H and O–H groups in total. The first-order chi connectivity index (χ1) is 8.61. The summed E-state index contributed by atoms with van der Waals surface area (Å²) in [6.45, 7) is 2.58. The number of halogens is 3. The van der Waals surface area contributed by atoms with E-state index in [4.69, 9.17) is 11.6 Å². The molecule has 6 heteroatoms. The van der Waals surface area contributed by atoms with E-state index in [2.05, 4.69) is 21.2 Å². The molecule has 106 valence electrons. The summed E-state index contributed by atoms with van der Waals surface area (Å²) in [7, 11) is 1.94. The smallest absolute Gasteiger partial charge is 0.255 e. The fourth-order valence-corrected chi connectivity index (χ4v) is 3.06. The first-order valence-electron chi connectivity index (χ1n) is 6.00. The van der Waals surface area contributed by atoms with E-state index in [9.17, 15) is 4.79 Å². The van der Waals surface area contributed by atoms with E-state index in [1.54, 1.807) is 12.1 Å². The molecule has 0 bridgehead atoms. The van der Waals surface area contributed by atoms with Gasteiger partial charge in [0.25, 0.3) is 5.91 Å². The molecular weight excluding hydrogens is 351 g/mol. The van der Waals surface area contributed by atoms with Gasteiger partial charge in [-0.25, -0.2) is 0 Å². The molecule has 0 radical (unpaired) electrons. The van der Waals surface area contributed by atoms with E-state index in [1.165, 1.54) is 0 Å². The molecule has 1 aliphatic heterocycles. The predicted molar refractivity (Wildman–Crippen MR) is 84.3 cm³/mol. The van der Waals surface area contributed by atoms with Crippen molar-refractivity contribution >= 4 is 45.8 Å².